The molecule has 1 aromatic heterocycles. The molecule has 0 aliphatic rings. The third-order valence-electron chi connectivity index (χ3n) is 4.10. The van der Waals surface area contributed by atoms with Crippen molar-refractivity contribution >= 4 is 5.97 Å². The number of hydrogen-bond donors (Lipinski definition) is 1. The zero-order valence-electron chi connectivity index (χ0n) is 13.8. The minimum Gasteiger partial charge on any atom is -0.481 e. The molecule has 0 saturated heterocycles. The van der Waals surface area contributed by atoms with E-state index < -0.39 is 5.97 Å². The van der Waals surface area contributed by atoms with Crippen molar-refractivity contribution in [1.29, 1.82) is 0 Å². The van der Waals surface area contributed by atoms with E-state index in [4.69, 9.17) is 5.11 Å². The Morgan fingerprint density at radius 3 is 2.48 bits per heavy atom. The lowest BCUT2D eigenvalue weighted by molar-refractivity contribution is -0.678. The van der Waals surface area contributed by atoms with Gasteiger partial charge in [-0.1, -0.05) is 45.4 Å². The van der Waals surface area contributed by atoms with Crippen molar-refractivity contribution in [3.63, 3.8) is 0 Å². The maximum Gasteiger partial charge on any atom is 0.310 e. The summed E-state index contributed by atoms with van der Waals surface area (Å²) in [4.78, 5) is 11.0. The van der Waals surface area contributed by atoms with Gasteiger partial charge in [-0.3, -0.25) is 4.79 Å². The molecule has 21 heavy (non-hydrogen) atoms. The summed E-state index contributed by atoms with van der Waals surface area (Å²) in [6.07, 6.45) is 14.2. The van der Waals surface area contributed by atoms with Crippen molar-refractivity contribution in [2.75, 3.05) is 0 Å². The first-order chi connectivity index (χ1) is 10.1. The summed E-state index contributed by atoms with van der Waals surface area (Å²) < 4.78 is 4.21. The van der Waals surface area contributed by atoms with Crippen molar-refractivity contribution in [3.05, 3.63) is 18.2 Å². The average molecular weight is 295 g/mol. The molecular weight excluding hydrogens is 264 g/mol. The molecule has 120 valence electrons. The summed E-state index contributed by atoms with van der Waals surface area (Å²) in [6.45, 7) is 4.56. The highest BCUT2D eigenvalue weighted by Crippen LogP contribution is 2.10. The summed E-state index contributed by atoms with van der Waals surface area (Å²) in [7, 11) is 2.04. The Hall–Kier alpha value is -1.32. The number of unbranched alkanes of at least 4 members (excludes halogenated alkanes) is 6. The molecule has 1 aromatic rings. The Labute approximate surface area is 128 Å². The van der Waals surface area contributed by atoms with E-state index in [-0.39, 0.29) is 5.92 Å². The van der Waals surface area contributed by atoms with Crippen LogP contribution in [0.3, 0.4) is 0 Å². The molecule has 0 aliphatic heterocycles. The van der Waals surface area contributed by atoms with Gasteiger partial charge in [-0.15, -0.1) is 0 Å². The fourth-order valence-electron chi connectivity index (χ4n) is 2.65. The fourth-order valence-corrected chi connectivity index (χ4v) is 2.65. The molecular formula is C17H31N2O2+. The highest BCUT2D eigenvalue weighted by Gasteiger charge is 2.20. The maximum atomic E-state index is 11.0. The van der Waals surface area contributed by atoms with E-state index >= 15 is 0 Å². The monoisotopic (exact) mass is 295 g/mol. The van der Waals surface area contributed by atoms with Gasteiger partial charge in [-0.2, -0.15) is 0 Å². The summed E-state index contributed by atoms with van der Waals surface area (Å²) in [5.41, 5.74) is 0. The molecule has 0 radical (unpaired) electrons. The Morgan fingerprint density at radius 2 is 1.86 bits per heavy atom. The van der Waals surface area contributed by atoms with Gasteiger partial charge in [0.05, 0.1) is 13.0 Å². The zero-order chi connectivity index (χ0) is 15.7. The lowest BCUT2D eigenvalue weighted by atomic mass is 10.1. The van der Waals surface area contributed by atoms with Crippen LogP contribution in [0.25, 0.3) is 0 Å². The second-order valence-electron chi connectivity index (χ2n) is 6.09. The summed E-state index contributed by atoms with van der Waals surface area (Å²) in [5, 5.41) is 9.04. The molecule has 4 heteroatoms. The van der Waals surface area contributed by atoms with Gasteiger partial charge in [0.15, 0.2) is 0 Å². The standard InChI is InChI=1S/C17H30N2O2/c1-4-5-6-7-8-9-10-11-16-18(3)12-13-19(16)14-15(2)17(20)21/h12-13,15H,4-11,14H2,1-3H3/p+1. The van der Waals surface area contributed by atoms with Gasteiger partial charge in [0.1, 0.15) is 18.9 Å². The summed E-state index contributed by atoms with van der Waals surface area (Å²) in [6, 6.07) is 0. The minimum absolute atomic E-state index is 0.342. The molecule has 1 N–H and O–H groups in total. The van der Waals surface area contributed by atoms with Crippen LogP contribution in [-0.4, -0.2) is 15.6 Å². The van der Waals surface area contributed by atoms with Gasteiger partial charge in [-0.05, 0) is 13.3 Å². The van der Waals surface area contributed by atoms with Crippen LogP contribution in [-0.2, 0) is 24.8 Å². The van der Waals surface area contributed by atoms with Crippen LogP contribution in [0.1, 0.15) is 64.6 Å². The molecule has 0 saturated carbocycles. The van der Waals surface area contributed by atoms with Gasteiger partial charge in [0.2, 0.25) is 0 Å². The summed E-state index contributed by atoms with van der Waals surface area (Å²) in [5.74, 6) is 0.162. The molecule has 1 atom stereocenters. The minimum atomic E-state index is -0.728. The molecule has 1 rings (SSSR count). The molecule has 0 bridgehead atoms. The van der Waals surface area contributed by atoms with E-state index in [2.05, 4.69) is 16.1 Å². The lowest BCUT2D eigenvalue weighted by Crippen LogP contribution is -2.33. The maximum absolute atomic E-state index is 11.0. The lowest BCUT2D eigenvalue weighted by Gasteiger charge is -2.06. The average Bonchev–Trinajstić information content (AvgIpc) is 2.78. The molecule has 1 heterocycles. The molecule has 0 aromatic carbocycles. The van der Waals surface area contributed by atoms with Crippen LogP contribution in [0.4, 0.5) is 0 Å². The normalized spacial score (nSPS) is 12.5. The van der Waals surface area contributed by atoms with E-state index in [1.165, 1.54) is 50.8 Å². The van der Waals surface area contributed by atoms with E-state index in [1.807, 2.05) is 19.4 Å². The molecule has 1 unspecified atom stereocenters. The number of nitrogens with zero attached hydrogens (tertiary/aromatic N) is 2. The number of carboxylic acid groups (broad SMARTS) is 1. The number of imidazole rings is 1. The highest BCUT2D eigenvalue weighted by molar-refractivity contribution is 5.69. The Balaban J connectivity index is 2.37. The predicted molar refractivity (Wildman–Crippen MR) is 84.1 cm³/mol. The second-order valence-corrected chi connectivity index (χ2v) is 6.09. The largest absolute Gasteiger partial charge is 0.481 e. The van der Waals surface area contributed by atoms with E-state index in [1.54, 1.807) is 6.92 Å². The van der Waals surface area contributed by atoms with Gasteiger partial charge >= 0.3 is 5.97 Å². The van der Waals surface area contributed by atoms with Crippen LogP contribution >= 0.6 is 0 Å². The van der Waals surface area contributed by atoms with Gasteiger partial charge in [0, 0.05) is 6.42 Å². The number of aliphatic carboxylic acids is 1. The first-order valence-corrected chi connectivity index (χ1v) is 8.32. The molecule has 0 fully saturated rings. The zero-order valence-corrected chi connectivity index (χ0v) is 13.8. The SMILES string of the molecule is CCCCCCCCCc1n(CC(C)C(=O)O)cc[n+]1C. The van der Waals surface area contributed by atoms with Crippen molar-refractivity contribution in [2.24, 2.45) is 13.0 Å². The van der Waals surface area contributed by atoms with Crippen molar-refractivity contribution in [2.45, 2.75) is 71.8 Å². The van der Waals surface area contributed by atoms with Crippen molar-refractivity contribution in [3.8, 4) is 0 Å². The number of rotatable bonds is 11. The van der Waals surface area contributed by atoms with E-state index in [9.17, 15) is 4.79 Å². The first-order valence-electron chi connectivity index (χ1n) is 8.32. The van der Waals surface area contributed by atoms with Crippen molar-refractivity contribution in [1.82, 2.24) is 4.57 Å². The quantitative estimate of drug-likeness (QED) is 0.503. The fraction of sp³-hybridized carbons (Fsp3) is 0.765. The molecule has 4 nitrogen and oxygen atoms in total. The Kier molecular flexibility index (Phi) is 8.09. The molecule has 0 amide bonds. The van der Waals surface area contributed by atoms with E-state index in [0.29, 0.717) is 6.54 Å². The van der Waals surface area contributed by atoms with Crippen LogP contribution in [0.2, 0.25) is 0 Å². The number of carbonyl (C=O) groups is 1. The van der Waals surface area contributed by atoms with Gasteiger partial charge in [-0.25, -0.2) is 9.13 Å². The number of carboxylic acids is 1. The molecule has 0 aliphatic carbocycles. The highest BCUT2D eigenvalue weighted by atomic mass is 16.4. The van der Waals surface area contributed by atoms with Crippen LogP contribution < -0.4 is 4.57 Å². The van der Waals surface area contributed by atoms with Gasteiger partial charge in [0.25, 0.3) is 5.82 Å². The Bertz CT molecular complexity index is 426. The third kappa shape index (κ3) is 6.32. The molecule has 0 spiro atoms. The first kappa shape index (κ1) is 17.7. The third-order valence-corrected chi connectivity index (χ3v) is 4.10. The number of aromatic nitrogens is 2. The predicted octanol–water partition coefficient (Wildman–Crippen LogP) is 3.33. The Morgan fingerprint density at radius 1 is 1.24 bits per heavy atom. The van der Waals surface area contributed by atoms with Crippen LogP contribution in [0.15, 0.2) is 12.4 Å². The second kappa shape index (κ2) is 9.59. The summed E-state index contributed by atoms with van der Waals surface area (Å²) >= 11 is 0. The van der Waals surface area contributed by atoms with Crippen molar-refractivity contribution < 1.29 is 14.5 Å². The van der Waals surface area contributed by atoms with E-state index in [0.717, 1.165) is 6.42 Å². The smallest absolute Gasteiger partial charge is 0.310 e. The topological polar surface area (TPSA) is 46.1 Å². The van der Waals surface area contributed by atoms with Crippen LogP contribution in [0.5, 0.6) is 0 Å². The number of aryl methyl sites for hydroxylation is 1. The van der Waals surface area contributed by atoms with Crippen LogP contribution in [0, 0.1) is 5.92 Å². The number of hydrogen-bond acceptors (Lipinski definition) is 1. The van der Waals surface area contributed by atoms with Gasteiger partial charge < -0.3 is 5.11 Å².